The number of aryl methyl sites for hydroxylation is 1. The molecule has 5 nitrogen and oxygen atoms in total. The molecule has 2 heterocycles. The highest BCUT2D eigenvalue weighted by atomic mass is 19.3. The van der Waals surface area contributed by atoms with Gasteiger partial charge in [-0.15, -0.1) is 0 Å². The van der Waals surface area contributed by atoms with E-state index in [9.17, 15) is 27.2 Å². The minimum absolute atomic E-state index is 0.0332. The van der Waals surface area contributed by atoms with Crippen LogP contribution >= 0.6 is 0 Å². The first-order chi connectivity index (χ1) is 13.2. The molecule has 0 saturated carbocycles. The maximum absolute atomic E-state index is 15.0. The first kappa shape index (κ1) is 19.7. The van der Waals surface area contributed by atoms with E-state index < -0.39 is 46.6 Å². The second-order valence-corrected chi connectivity index (χ2v) is 6.44. The molecule has 28 heavy (non-hydrogen) atoms. The van der Waals surface area contributed by atoms with Gasteiger partial charge in [0.25, 0.3) is 12.3 Å². The molecule has 0 saturated heterocycles. The van der Waals surface area contributed by atoms with Crippen LogP contribution in [0.1, 0.15) is 40.0 Å². The number of nitrogens with two attached hydrogens (primary N) is 1. The predicted octanol–water partition coefficient (Wildman–Crippen LogP) is 3.59. The molecule has 3 N–H and O–H groups in total. The lowest BCUT2D eigenvalue weighted by Crippen LogP contribution is -2.34. The van der Waals surface area contributed by atoms with Gasteiger partial charge in [0.1, 0.15) is 5.56 Å². The highest BCUT2D eigenvalue weighted by Crippen LogP contribution is 2.41. The summed E-state index contributed by atoms with van der Waals surface area (Å²) in [5.41, 5.74) is 3.24. The van der Waals surface area contributed by atoms with Crippen LogP contribution < -0.4 is 5.73 Å². The van der Waals surface area contributed by atoms with Crippen molar-refractivity contribution >= 4 is 28.3 Å². The number of rotatable bonds is 4. The summed E-state index contributed by atoms with van der Waals surface area (Å²) in [6.45, 7) is 4.92. The Morgan fingerprint density at radius 3 is 2.57 bits per heavy atom. The number of nitrogens with one attached hydrogen (secondary N) is 1. The normalized spacial score (nSPS) is 14.5. The summed E-state index contributed by atoms with van der Waals surface area (Å²) in [7, 11) is 0. The molecule has 2 amide bonds. The van der Waals surface area contributed by atoms with E-state index in [1.165, 1.54) is 11.8 Å². The Kier molecular flexibility index (Phi) is 5.01. The molecule has 0 bridgehead atoms. The molecule has 9 heteroatoms. The highest BCUT2D eigenvalue weighted by Gasteiger charge is 2.32. The summed E-state index contributed by atoms with van der Waals surface area (Å²) in [4.78, 5) is 27.5. The van der Waals surface area contributed by atoms with E-state index in [1.807, 2.05) is 0 Å². The summed E-state index contributed by atoms with van der Waals surface area (Å²) in [5.74, 6) is -4.68. The summed E-state index contributed by atoms with van der Waals surface area (Å²) < 4.78 is 57.1. The van der Waals surface area contributed by atoms with Crippen molar-refractivity contribution in [1.82, 2.24) is 9.88 Å². The van der Waals surface area contributed by atoms with Crippen molar-refractivity contribution in [2.45, 2.75) is 19.8 Å². The Hall–Kier alpha value is -3.10. The van der Waals surface area contributed by atoms with Gasteiger partial charge >= 0.3 is 0 Å². The van der Waals surface area contributed by atoms with Gasteiger partial charge in [0.15, 0.2) is 11.6 Å². The van der Waals surface area contributed by atoms with E-state index in [4.69, 9.17) is 5.73 Å². The number of carbonyl (C=O) groups is 2. The van der Waals surface area contributed by atoms with E-state index in [-0.39, 0.29) is 28.7 Å². The number of primary amides is 1. The van der Waals surface area contributed by atoms with Gasteiger partial charge in [-0.3, -0.25) is 9.59 Å². The minimum Gasteiger partial charge on any atom is -0.365 e. The van der Waals surface area contributed by atoms with E-state index in [0.717, 1.165) is 6.08 Å². The van der Waals surface area contributed by atoms with Gasteiger partial charge in [-0.05, 0) is 25.0 Å². The first-order valence-corrected chi connectivity index (χ1v) is 8.40. The van der Waals surface area contributed by atoms with Crippen LogP contribution in [0.15, 0.2) is 18.7 Å². The van der Waals surface area contributed by atoms with Crippen molar-refractivity contribution in [3.05, 3.63) is 52.7 Å². The van der Waals surface area contributed by atoms with Crippen molar-refractivity contribution in [2.24, 2.45) is 5.73 Å². The summed E-state index contributed by atoms with van der Waals surface area (Å²) in [5, 5.41) is -0.306. The quantitative estimate of drug-likeness (QED) is 0.613. The Balaban J connectivity index is 2.37. The van der Waals surface area contributed by atoms with E-state index >= 15 is 0 Å². The van der Waals surface area contributed by atoms with Crippen LogP contribution in [0.2, 0.25) is 0 Å². The van der Waals surface area contributed by atoms with Crippen molar-refractivity contribution in [2.75, 3.05) is 13.1 Å². The number of carbonyl (C=O) groups excluding carboxylic acids is 2. The van der Waals surface area contributed by atoms with E-state index in [2.05, 4.69) is 11.6 Å². The lowest BCUT2D eigenvalue weighted by Gasteiger charge is -2.27. The smallest absolute Gasteiger partial charge is 0.266 e. The maximum atomic E-state index is 15.0. The lowest BCUT2D eigenvalue weighted by molar-refractivity contribution is -0.125. The molecule has 1 aromatic carbocycles. The van der Waals surface area contributed by atoms with Gasteiger partial charge in [0.2, 0.25) is 5.91 Å². The van der Waals surface area contributed by atoms with Gasteiger partial charge in [-0.1, -0.05) is 12.7 Å². The van der Waals surface area contributed by atoms with Crippen LogP contribution in [0.5, 0.6) is 0 Å². The molecule has 0 atom stereocenters. The third-order valence-electron chi connectivity index (χ3n) is 4.79. The van der Waals surface area contributed by atoms with Gasteiger partial charge in [0.05, 0.1) is 5.52 Å². The molecule has 0 radical (unpaired) electrons. The zero-order valence-electron chi connectivity index (χ0n) is 14.9. The van der Waals surface area contributed by atoms with Crippen LogP contribution in [0, 0.1) is 18.6 Å². The first-order valence-electron chi connectivity index (χ1n) is 8.40. The van der Waals surface area contributed by atoms with Gasteiger partial charge in [-0.2, -0.15) is 0 Å². The summed E-state index contributed by atoms with van der Waals surface area (Å²) in [6, 6.07) is 0. The largest absolute Gasteiger partial charge is 0.365 e. The molecule has 0 unspecified atom stereocenters. The number of nitrogens with zero attached hydrogens (tertiary/aromatic N) is 1. The molecule has 148 valence electrons. The summed E-state index contributed by atoms with van der Waals surface area (Å²) in [6.07, 6.45) is -0.0432. The molecular formula is C19H17F4N3O2. The fourth-order valence-electron chi connectivity index (χ4n) is 3.57. The molecule has 0 fully saturated rings. The van der Waals surface area contributed by atoms with E-state index in [1.54, 1.807) is 6.08 Å². The fourth-order valence-corrected chi connectivity index (χ4v) is 3.57. The average Bonchev–Trinajstić information content (AvgIpc) is 2.97. The predicted molar refractivity (Wildman–Crippen MR) is 95.8 cm³/mol. The van der Waals surface area contributed by atoms with Crippen molar-refractivity contribution < 1.29 is 27.2 Å². The Labute approximate surface area is 157 Å². The molecule has 1 aliphatic heterocycles. The molecule has 0 aliphatic carbocycles. The number of aromatic nitrogens is 1. The standard InChI is InChI=1S/C19H17F4N3O2/c1-3-10(27)26-6-4-5-9(7-26)12-13-11(18(22)23)8(2)25-17(13)14(19(24)28)16(21)15(12)20/h3,5,18,25H,1,4,6-7H2,2H3,(H2,24,28). The topological polar surface area (TPSA) is 79.2 Å². The Morgan fingerprint density at radius 2 is 2.00 bits per heavy atom. The second kappa shape index (κ2) is 7.14. The number of alkyl halides is 2. The SMILES string of the molecule is C=CC(=O)N1CCC=C(c2c(F)c(F)c(C(N)=O)c3[nH]c(C)c(C(F)F)c23)C1. The van der Waals surface area contributed by atoms with Crippen LogP contribution in [0.3, 0.4) is 0 Å². The zero-order chi connectivity index (χ0) is 20.7. The number of aromatic amines is 1. The van der Waals surface area contributed by atoms with Crippen molar-refractivity contribution in [3.8, 4) is 0 Å². The minimum atomic E-state index is -3.01. The molecule has 0 spiro atoms. The van der Waals surface area contributed by atoms with Crippen LogP contribution in [-0.2, 0) is 4.79 Å². The third-order valence-corrected chi connectivity index (χ3v) is 4.79. The van der Waals surface area contributed by atoms with E-state index in [0.29, 0.717) is 13.0 Å². The molecular weight excluding hydrogens is 378 g/mol. The van der Waals surface area contributed by atoms with Gasteiger partial charge in [-0.25, -0.2) is 17.6 Å². The summed E-state index contributed by atoms with van der Waals surface area (Å²) >= 11 is 0. The number of H-pyrrole nitrogens is 1. The number of hydrogen-bond acceptors (Lipinski definition) is 2. The number of fused-ring (bicyclic) bond motifs is 1. The zero-order valence-corrected chi connectivity index (χ0v) is 14.9. The van der Waals surface area contributed by atoms with Crippen molar-refractivity contribution in [3.63, 3.8) is 0 Å². The monoisotopic (exact) mass is 395 g/mol. The Bertz CT molecular complexity index is 1040. The number of halogens is 4. The van der Waals surface area contributed by atoms with Crippen LogP contribution in [0.25, 0.3) is 16.5 Å². The fraction of sp³-hybridized carbons (Fsp3) is 0.263. The molecule has 1 aliphatic rings. The van der Waals surface area contributed by atoms with Gasteiger partial charge < -0.3 is 15.6 Å². The average molecular weight is 395 g/mol. The second-order valence-electron chi connectivity index (χ2n) is 6.44. The maximum Gasteiger partial charge on any atom is 0.266 e. The molecule has 1 aromatic heterocycles. The van der Waals surface area contributed by atoms with Crippen LogP contribution in [-0.4, -0.2) is 34.8 Å². The third kappa shape index (κ3) is 2.96. The van der Waals surface area contributed by atoms with Crippen molar-refractivity contribution in [1.29, 1.82) is 0 Å². The number of hydrogen-bond donors (Lipinski definition) is 2. The van der Waals surface area contributed by atoms with Gasteiger partial charge in [0, 0.05) is 35.3 Å². The molecule has 2 aromatic rings. The number of benzene rings is 1. The lowest BCUT2D eigenvalue weighted by atomic mass is 9.92. The molecule has 3 rings (SSSR count). The highest BCUT2D eigenvalue weighted by molar-refractivity contribution is 6.10. The Morgan fingerprint density at radius 1 is 1.32 bits per heavy atom. The number of amides is 2. The van der Waals surface area contributed by atoms with Crippen LogP contribution in [0.4, 0.5) is 17.6 Å².